The molecule has 25 heavy (non-hydrogen) atoms. The number of phenols is 2. The Bertz CT molecular complexity index is 1040. The van der Waals surface area contributed by atoms with Crippen LogP contribution in [0.25, 0.3) is 11.0 Å². The normalized spacial score (nSPS) is 10.8. The molecule has 6 nitrogen and oxygen atoms in total. The Morgan fingerprint density at radius 3 is 2.64 bits per heavy atom. The second kappa shape index (κ2) is 6.27. The summed E-state index contributed by atoms with van der Waals surface area (Å²) in [5.41, 5.74) is -0.426. The van der Waals surface area contributed by atoms with E-state index in [9.17, 15) is 24.2 Å². The highest BCUT2D eigenvalue weighted by molar-refractivity contribution is 5.94. The van der Waals surface area contributed by atoms with Gasteiger partial charge < -0.3 is 19.9 Å². The maximum atomic E-state index is 13.6. The molecule has 128 valence electrons. The fourth-order valence-electron chi connectivity index (χ4n) is 2.55. The van der Waals surface area contributed by atoms with Crippen LogP contribution >= 0.6 is 0 Å². The van der Waals surface area contributed by atoms with Crippen molar-refractivity contribution in [1.82, 2.24) is 0 Å². The van der Waals surface area contributed by atoms with Gasteiger partial charge in [0, 0.05) is 5.39 Å². The van der Waals surface area contributed by atoms with Crippen LogP contribution in [0.4, 0.5) is 10.1 Å². The van der Waals surface area contributed by atoms with Crippen LogP contribution in [0.15, 0.2) is 45.6 Å². The van der Waals surface area contributed by atoms with Crippen molar-refractivity contribution in [2.75, 3.05) is 5.32 Å². The van der Waals surface area contributed by atoms with Crippen LogP contribution in [0.5, 0.6) is 11.5 Å². The first-order chi connectivity index (χ1) is 11.9. The van der Waals surface area contributed by atoms with Gasteiger partial charge in [-0.3, -0.25) is 4.79 Å². The maximum Gasteiger partial charge on any atom is 0.340 e. The molecule has 3 aromatic rings. The Kier molecular flexibility index (Phi) is 4.14. The van der Waals surface area contributed by atoms with Crippen molar-refractivity contribution < 1.29 is 23.8 Å². The van der Waals surface area contributed by atoms with Gasteiger partial charge in [-0.2, -0.15) is 0 Å². The summed E-state index contributed by atoms with van der Waals surface area (Å²) in [6.07, 6.45) is -0.319. The number of aromatic hydroxyl groups is 2. The summed E-state index contributed by atoms with van der Waals surface area (Å²) in [4.78, 5) is 24.3. The summed E-state index contributed by atoms with van der Waals surface area (Å²) in [6.45, 7) is 1.60. The number of nitrogens with one attached hydrogen (secondary N) is 1. The first kappa shape index (κ1) is 16.5. The minimum Gasteiger partial charge on any atom is -0.504 e. The van der Waals surface area contributed by atoms with E-state index in [0.29, 0.717) is 10.9 Å². The second-order valence-corrected chi connectivity index (χ2v) is 5.51. The van der Waals surface area contributed by atoms with E-state index in [1.165, 1.54) is 30.3 Å². The van der Waals surface area contributed by atoms with Crippen molar-refractivity contribution in [3.05, 3.63) is 63.8 Å². The zero-order valence-electron chi connectivity index (χ0n) is 13.2. The van der Waals surface area contributed by atoms with Gasteiger partial charge >= 0.3 is 5.63 Å². The number of aryl methyl sites for hydroxylation is 1. The molecule has 0 unspecified atom stereocenters. The Morgan fingerprint density at radius 2 is 1.92 bits per heavy atom. The second-order valence-electron chi connectivity index (χ2n) is 5.51. The third-order valence-corrected chi connectivity index (χ3v) is 3.89. The van der Waals surface area contributed by atoms with Crippen LogP contribution in [0.1, 0.15) is 11.1 Å². The third-order valence-electron chi connectivity index (χ3n) is 3.89. The van der Waals surface area contributed by atoms with E-state index < -0.39 is 28.8 Å². The van der Waals surface area contributed by atoms with Crippen molar-refractivity contribution in [2.24, 2.45) is 0 Å². The molecule has 0 radical (unpaired) electrons. The molecule has 1 amide bonds. The van der Waals surface area contributed by atoms with Gasteiger partial charge in [0.2, 0.25) is 11.7 Å². The largest absolute Gasteiger partial charge is 0.504 e. The van der Waals surface area contributed by atoms with Crippen molar-refractivity contribution in [3.63, 3.8) is 0 Å². The Labute approximate surface area is 141 Å². The molecule has 1 heterocycles. The molecule has 0 spiro atoms. The molecule has 1 aromatic heterocycles. The van der Waals surface area contributed by atoms with E-state index in [4.69, 9.17) is 4.42 Å². The predicted molar refractivity (Wildman–Crippen MR) is 89.3 cm³/mol. The fraction of sp³-hybridized carbons (Fsp3) is 0.111. The Morgan fingerprint density at radius 1 is 1.20 bits per heavy atom. The molecule has 0 saturated heterocycles. The number of halogens is 1. The van der Waals surface area contributed by atoms with Gasteiger partial charge in [0.05, 0.1) is 17.7 Å². The molecule has 0 atom stereocenters. The number of fused-ring (bicyclic) bond motifs is 1. The van der Waals surface area contributed by atoms with Crippen LogP contribution < -0.4 is 10.9 Å². The number of hydrogen-bond acceptors (Lipinski definition) is 5. The van der Waals surface area contributed by atoms with Crippen molar-refractivity contribution >= 4 is 22.6 Å². The quantitative estimate of drug-likeness (QED) is 0.502. The molecule has 0 aliphatic carbocycles. The average molecular weight is 343 g/mol. The van der Waals surface area contributed by atoms with E-state index in [1.54, 1.807) is 13.0 Å². The van der Waals surface area contributed by atoms with Crippen LogP contribution in [0, 0.1) is 12.7 Å². The molecule has 0 saturated carbocycles. The molecule has 0 bridgehead atoms. The number of para-hydroxylation sites is 1. The maximum absolute atomic E-state index is 13.6. The lowest BCUT2D eigenvalue weighted by Gasteiger charge is -2.10. The first-order valence-electron chi connectivity index (χ1n) is 7.40. The van der Waals surface area contributed by atoms with Crippen LogP contribution in [0.2, 0.25) is 0 Å². The molecule has 0 aliphatic rings. The topological polar surface area (TPSA) is 99.8 Å². The lowest BCUT2D eigenvalue weighted by Crippen LogP contribution is -2.21. The van der Waals surface area contributed by atoms with Gasteiger partial charge in [-0.05, 0) is 36.8 Å². The number of rotatable bonds is 3. The zero-order valence-corrected chi connectivity index (χ0v) is 13.2. The van der Waals surface area contributed by atoms with Gasteiger partial charge in [-0.25, -0.2) is 9.18 Å². The highest BCUT2D eigenvalue weighted by Crippen LogP contribution is 2.34. The van der Waals surface area contributed by atoms with Gasteiger partial charge in [0.15, 0.2) is 11.3 Å². The van der Waals surface area contributed by atoms with Gasteiger partial charge in [-0.15, -0.1) is 0 Å². The van der Waals surface area contributed by atoms with Gasteiger partial charge in [0.1, 0.15) is 5.82 Å². The molecule has 0 aliphatic heterocycles. The summed E-state index contributed by atoms with van der Waals surface area (Å²) in [5, 5.41) is 22.1. The molecule has 3 N–H and O–H groups in total. The van der Waals surface area contributed by atoms with E-state index >= 15 is 0 Å². The fourth-order valence-corrected chi connectivity index (χ4v) is 2.55. The summed E-state index contributed by atoms with van der Waals surface area (Å²) >= 11 is 0. The average Bonchev–Trinajstić information content (AvgIpc) is 2.57. The number of carbonyl (C=O) groups is 1. The van der Waals surface area contributed by atoms with Crippen LogP contribution in [-0.2, 0) is 11.2 Å². The van der Waals surface area contributed by atoms with Crippen molar-refractivity contribution in [2.45, 2.75) is 13.3 Å². The van der Waals surface area contributed by atoms with Crippen LogP contribution in [-0.4, -0.2) is 16.1 Å². The molecule has 2 aromatic carbocycles. The minimum absolute atomic E-state index is 0.0119. The van der Waals surface area contributed by atoms with Crippen molar-refractivity contribution in [3.8, 4) is 11.5 Å². The third kappa shape index (κ3) is 3.03. The first-order valence-corrected chi connectivity index (χ1v) is 7.40. The molecule has 7 heteroatoms. The monoisotopic (exact) mass is 343 g/mol. The molecule has 0 fully saturated rings. The predicted octanol–water partition coefficient (Wildman–Crippen LogP) is 2.83. The lowest BCUT2D eigenvalue weighted by molar-refractivity contribution is -0.115. The van der Waals surface area contributed by atoms with E-state index in [2.05, 4.69) is 5.32 Å². The summed E-state index contributed by atoms with van der Waals surface area (Å²) in [7, 11) is 0. The van der Waals surface area contributed by atoms with E-state index in [0.717, 1.165) is 0 Å². The number of carbonyl (C=O) groups excluding carboxylic acids is 1. The minimum atomic E-state index is -0.811. The summed E-state index contributed by atoms with van der Waals surface area (Å²) in [6, 6.07) is 8.41. The molecular weight excluding hydrogens is 329 g/mol. The van der Waals surface area contributed by atoms with Gasteiger partial charge in [0.25, 0.3) is 0 Å². The number of phenolic OH excluding ortho intramolecular Hbond substituents is 2. The standard InChI is InChI=1S/C18H14FNO5/c1-9-10-6-7-14(21)16(23)17(10)25-18(24)11(9)8-15(22)20-13-5-3-2-4-12(13)19/h2-7,21,23H,8H2,1H3,(H,20,22). The zero-order chi connectivity index (χ0) is 18.1. The van der Waals surface area contributed by atoms with Crippen LogP contribution in [0.3, 0.4) is 0 Å². The highest BCUT2D eigenvalue weighted by atomic mass is 19.1. The SMILES string of the molecule is Cc1c(CC(=O)Nc2ccccc2F)c(=O)oc2c(O)c(O)ccc12. The van der Waals surface area contributed by atoms with Gasteiger partial charge in [-0.1, -0.05) is 12.1 Å². The number of benzene rings is 2. The lowest BCUT2D eigenvalue weighted by atomic mass is 10.0. The van der Waals surface area contributed by atoms with Crippen molar-refractivity contribution in [1.29, 1.82) is 0 Å². The highest BCUT2D eigenvalue weighted by Gasteiger charge is 2.18. The van der Waals surface area contributed by atoms with E-state index in [1.807, 2.05) is 0 Å². The number of amides is 1. The Balaban J connectivity index is 1.97. The summed E-state index contributed by atoms with van der Waals surface area (Å²) in [5.74, 6) is -2.12. The molecular formula is C18H14FNO5. The smallest absolute Gasteiger partial charge is 0.340 e. The molecule has 3 rings (SSSR count). The Hall–Kier alpha value is -3.35. The van der Waals surface area contributed by atoms with E-state index in [-0.39, 0.29) is 23.3 Å². The number of anilines is 1. The number of hydrogen-bond donors (Lipinski definition) is 3. The summed E-state index contributed by atoms with van der Waals surface area (Å²) < 4.78 is 18.6.